The lowest BCUT2D eigenvalue weighted by molar-refractivity contribution is -0.118. The van der Waals surface area contributed by atoms with E-state index < -0.39 is 0 Å². The number of aryl methyl sites for hydroxylation is 1. The Morgan fingerprint density at radius 2 is 2.26 bits per heavy atom. The summed E-state index contributed by atoms with van der Waals surface area (Å²) in [5.74, 6) is 2.14. The normalized spacial score (nSPS) is 23.3. The second-order valence-electron chi connectivity index (χ2n) is 5.29. The lowest BCUT2D eigenvalue weighted by Crippen LogP contribution is -2.22. The lowest BCUT2D eigenvalue weighted by Gasteiger charge is -2.29. The monoisotopic (exact) mass is 282 g/mol. The highest BCUT2D eigenvalue weighted by atomic mass is 32.2. The van der Waals surface area contributed by atoms with Crippen molar-refractivity contribution >= 4 is 17.7 Å². The molecule has 1 saturated carbocycles. The predicted molar refractivity (Wildman–Crippen MR) is 76.2 cm³/mol. The van der Waals surface area contributed by atoms with Gasteiger partial charge in [0.05, 0.1) is 5.75 Å². The van der Waals surface area contributed by atoms with E-state index in [0.717, 1.165) is 16.9 Å². The molecule has 1 amide bonds. The van der Waals surface area contributed by atoms with Crippen LogP contribution >= 0.6 is 11.8 Å². The van der Waals surface area contributed by atoms with Crippen molar-refractivity contribution < 1.29 is 4.79 Å². The molecule has 1 aliphatic carbocycles. The van der Waals surface area contributed by atoms with Gasteiger partial charge in [0.15, 0.2) is 5.16 Å². The molecule has 0 spiro atoms. The summed E-state index contributed by atoms with van der Waals surface area (Å²) in [4.78, 5) is 11.3. The van der Waals surface area contributed by atoms with E-state index in [-0.39, 0.29) is 5.91 Å². The molecule has 106 valence electrons. The predicted octanol–water partition coefficient (Wildman–Crippen LogP) is 2.18. The van der Waals surface area contributed by atoms with E-state index >= 15 is 0 Å². The van der Waals surface area contributed by atoms with Crippen LogP contribution in [0.2, 0.25) is 0 Å². The standard InChI is InChI=1S/C13H22N4OS/c1-9-5-4-6-11(7-9)17-10(2)15-16-13(17)19-8-12(18)14-3/h9,11H,4-8H2,1-3H3,(H,14,18)/t9-,11-/m0/s1. The van der Waals surface area contributed by atoms with Gasteiger partial charge < -0.3 is 9.88 Å². The smallest absolute Gasteiger partial charge is 0.230 e. The van der Waals surface area contributed by atoms with Crippen molar-refractivity contribution in [2.24, 2.45) is 5.92 Å². The van der Waals surface area contributed by atoms with Crippen LogP contribution in [0.1, 0.15) is 44.5 Å². The summed E-state index contributed by atoms with van der Waals surface area (Å²) >= 11 is 1.47. The van der Waals surface area contributed by atoms with Gasteiger partial charge in [0.1, 0.15) is 5.82 Å². The van der Waals surface area contributed by atoms with Gasteiger partial charge in [-0.05, 0) is 25.7 Å². The molecule has 0 radical (unpaired) electrons. The molecule has 2 rings (SSSR count). The number of rotatable bonds is 4. The van der Waals surface area contributed by atoms with Crippen LogP contribution in [-0.2, 0) is 4.79 Å². The molecule has 6 heteroatoms. The molecule has 1 aromatic heterocycles. The Bertz CT molecular complexity index is 446. The Morgan fingerprint density at radius 3 is 2.95 bits per heavy atom. The summed E-state index contributed by atoms with van der Waals surface area (Å²) in [7, 11) is 1.65. The van der Waals surface area contributed by atoms with Crippen LogP contribution in [0.3, 0.4) is 0 Å². The topological polar surface area (TPSA) is 59.8 Å². The average molecular weight is 282 g/mol. The Balaban J connectivity index is 2.10. The first-order valence-corrected chi connectivity index (χ1v) is 7.85. The Morgan fingerprint density at radius 1 is 1.47 bits per heavy atom. The summed E-state index contributed by atoms with van der Waals surface area (Å²) in [5.41, 5.74) is 0. The summed E-state index contributed by atoms with van der Waals surface area (Å²) in [5, 5.41) is 11.9. The van der Waals surface area contributed by atoms with Crippen molar-refractivity contribution in [2.75, 3.05) is 12.8 Å². The van der Waals surface area contributed by atoms with E-state index in [4.69, 9.17) is 0 Å². The quantitative estimate of drug-likeness (QED) is 0.860. The van der Waals surface area contributed by atoms with Gasteiger partial charge in [-0.25, -0.2) is 0 Å². The number of aromatic nitrogens is 3. The molecule has 2 atom stereocenters. The highest BCUT2D eigenvalue weighted by Crippen LogP contribution is 2.35. The fraction of sp³-hybridized carbons (Fsp3) is 0.769. The summed E-state index contributed by atoms with van der Waals surface area (Å²) in [6.45, 7) is 4.30. The highest BCUT2D eigenvalue weighted by molar-refractivity contribution is 7.99. The molecule has 0 saturated heterocycles. The van der Waals surface area contributed by atoms with E-state index in [1.54, 1.807) is 7.05 Å². The summed E-state index contributed by atoms with van der Waals surface area (Å²) in [6.07, 6.45) is 4.96. The first-order valence-electron chi connectivity index (χ1n) is 6.86. The molecular weight excluding hydrogens is 260 g/mol. The molecule has 19 heavy (non-hydrogen) atoms. The second kappa shape index (κ2) is 6.41. The van der Waals surface area contributed by atoms with E-state index in [2.05, 4.69) is 27.0 Å². The Hall–Kier alpha value is -1.04. The number of hydrogen-bond donors (Lipinski definition) is 1. The molecule has 1 aromatic rings. The molecule has 0 unspecified atom stereocenters. The second-order valence-corrected chi connectivity index (χ2v) is 6.23. The van der Waals surface area contributed by atoms with Crippen molar-refractivity contribution in [1.29, 1.82) is 0 Å². The van der Waals surface area contributed by atoms with E-state index in [0.29, 0.717) is 11.8 Å². The lowest BCUT2D eigenvalue weighted by atomic mass is 9.87. The number of nitrogens with zero attached hydrogens (tertiary/aromatic N) is 3. The summed E-state index contributed by atoms with van der Waals surface area (Å²) in [6, 6.07) is 0.492. The van der Waals surface area contributed by atoms with Gasteiger partial charge in [-0.3, -0.25) is 4.79 Å². The molecule has 1 heterocycles. The average Bonchev–Trinajstić information content (AvgIpc) is 2.77. The van der Waals surface area contributed by atoms with Gasteiger partial charge in [-0.2, -0.15) is 0 Å². The van der Waals surface area contributed by atoms with Crippen LogP contribution in [0.4, 0.5) is 0 Å². The first-order chi connectivity index (χ1) is 9.11. The molecule has 5 nitrogen and oxygen atoms in total. The highest BCUT2D eigenvalue weighted by Gasteiger charge is 2.24. The van der Waals surface area contributed by atoms with Gasteiger partial charge in [0, 0.05) is 13.1 Å². The SMILES string of the molecule is CNC(=O)CSc1nnc(C)n1[C@H]1CCC[C@H](C)C1. The minimum Gasteiger partial charge on any atom is -0.358 e. The van der Waals surface area contributed by atoms with Crippen molar-refractivity contribution in [3.8, 4) is 0 Å². The number of carbonyl (C=O) groups is 1. The third-order valence-corrected chi connectivity index (χ3v) is 4.66. The van der Waals surface area contributed by atoms with Crippen LogP contribution in [0.15, 0.2) is 5.16 Å². The molecule has 1 fully saturated rings. The van der Waals surface area contributed by atoms with Crippen LogP contribution in [0.25, 0.3) is 0 Å². The number of nitrogens with one attached hydrogen (secondary N) is 1. The third kappa shape index (κ3) is 3.49. The largest absolute Gasteiger partial charge is 0.358 e. The Kier molecular flexibility index (Phi) is 4.85. The van der Waals surface area contributed by atoms with E-state index in [9.17, 15) is 4.79 Å². The maximum Gasteiger partial charge on any atom is 0.230 e. The first kappa shape index (κ1) is 14.4. The van der Waals surface area contributed by atoms with Crippen LogP contribution in [-0.4, -0.2) is 33.5 Å². The minimum absolute atomic E-state index is 0.0224. The van der Waals surface area contributed by atoms with Crippen molar-refractivity contribution in [2.45, 2.75) is 50.7 Å². The number of amides is 1. The number of carbonyl (C=O) groups excluding carboxylic acids is 1. The van der Waals surface area contributed by atoms with Gasteiger partial charge in [-0.1, -0.05) is 31.5 Å². The van der Waals surface area contributed by atoms with Gasteiger partial charge in [-0.15, -0.1) is 10.2 Å². The fourth-order valence-corrected chi connectivity index (χ4v) is 3.63. The van der Waals surface area contributed by atoms with Crippen molar-refractivity contribution in [3.63, 3.8) is 0 Å². The molecule has 1 N–H and O–H groups in total. The Labute approximate surface area is 118 Å². The molecule has 0 aliphatic heterocycles. The number of thioether (sulfide) groups is 1. The summed E-state index contributed by atoms with van der Waals surface area (Å²) < 4.78 is 2.23. The molecule has 1 aliphatic rings. The van der Waals surface area contributed by atoms with Gasteiger partial charge in [0.25, 0.3) is 0 Å². The van der Waals surface area contributed by atoms with E-state index in [1.165, 1.54) is 37.4 Å². The number of hydrogen-bond acceptors (Lipinski definition) is 4. The molecule has 0 bridgehead atoms. The molecular formula is C13H22N4OS. The molecule has 0 aromatic carbocycles. The van der Waals surface area contributed by atoms with Crippen LogP contribution < -0.4 is 5.32 Å². The zero-order chi connectivity index (χ0) is 13.8. The zero-order valence-electron chi connectivity index (χ0n) is 11.8. The maximum absolute atomic E-state index is 11.3. The van der Waals surface area contributed by atoms with Gasteiger partial charge >= 0.3 is 0 Å². The zero-order valence-corrected chi connectivity index (χ0v) is 12.7. The fourth-order valence-electron chi connectivity index (χ4n) is 2.71. The van der Waals surface area contributed by atoms with Crippen LogP contribution in [0, 0.1) is 12.8 Å². The van der Waals surface area contributed by atoms with Crippen molar-refractivity contribution in [3.05, 3.63) is 5.82 Å². The minimum atomic E-state index is 0.0224. The van der Waals surface area contributed by atoms with Gasteiger partial charge in [0.2, 0.25) is 5.91 Å². The maximum atomic E-state index is 11.3. The van der Waals surface area contributed by atoms with Crippen molar-refractivity contribution in [1.82, 2.24) is 20.1 Å². The third-order valence-electron chi connectivity index (χ3n) is 3.72. The van der Waals surface area contributed by atoms with E-state index in [1.807, 2.05) is 6.92 Å². The van der Waals surface area contributed by atoms with Crippen LogP contribution in [0.5, 0.6) is 0 Å².